The molecule has 1 aliphatic rings. The molecule has 1 N–H and O–H groups in total. The van der Waals surface area contributed by atoms with Crippen molar-refractivity contribution in [3.63, 3.8) is 0 Å². The number of urea groups is 1. The first-order valence-corrected chi connectivity index (χ1v) is 9.85. The summed E-state index contributed by atoms with van der Waals surface area (Å²) in [6, 6.07) is 3.46. The summed E-state index contributed by atoms with van der Waals surface area (Å²) in [5.41, 5.74) is 0.679. The lowest BCUT2D eigenvalue weighted by Crippen LogP contribution is -2.16. The van der Waals surface area contributed by atoms with Crippen LogP contribution >= 0.6 is 0 Å². The molecule has 0 aliphatic heterocycles. The van der Waals surface area contributed by atoms with Crippen molar-refractivity contribution in [1.82, 2.24) is 0 Å². The maximum Gasteiger partial charge on any atom is 0.360 e. The van der Waals surface area contributed by atoms with E-state index in [2.05, 4.69) is 13.9 Å². The van der Waals surface area contributed by atoms with Gasteiger partial charge in [0.1, 0.15) is 4.90 Å². The average Bonchev–Trinajstić information content (AvgIpc) is 2.55. The van der Waals surface area contributed by atoms with Crippen LogP contribution in [-0.4, -0.2) is 30.0 Å². The second-order valence-corrected chi connectivity index (χ2v) is 7.71. The number of rotatable bonds is 4. The van der Waals surface area contributed by atoms with Crippen LogP contribution in [0.4, 0.5) is 10.5 Å². The van der Waals surface area contributed by atoms with Crippen LogP contribution in [0.3, 0.4) is 0 Å². The molecule has 1 saturated carbocycles. The Morgan fingerprint density at radius 2 is 1.92 bits per heavy atom. The van der Waals surface area contributed by atoms with Crippen LogP contribution < -0.4 is 5.32 Å². The number of nitrogens with zero attached hydrogens (tertiary/aromatic N) is 1. The van der Waals surface area contributed by atoms with Gasteiger partial charge in [0, 0.05) is 0 Å². The Morgan fingerprint density at radius 1 is 1.25 bits per heavy atom. The Balaban J connectivity index is 2.56. The quantitative estimate of drug-likeness (QED) is 0.809. The van der Waals surface area contributed by atoms with Gasteiger partial charge in [-0.2, -0.15) is 16.8 Å². The van der Waals surface area contributed by atoms with E-state index in [1.807, 2.05) is 0 Å². The van der Waals surface area contributed by atoms with E-state index in [1.54, 1.807) is 12.1 Å². The predicted molar refractivity (Wildman–Crippen MR) is 86.8 cm³/mol. The SMILES string of the molecule is COS(=O)(=O)c1cccc(C2CCCCC2)c1NC(=O)N=S(=O)=O. The van der Waals surface area contributed by atoms with Crippen molar-refractivity contribution in [3.05, 3.63) is 23.8 Å². The molecular weight excluding hydrogens is 356 g/mol. The Labute approximate surface area is 142 Å². The van der Waals surface area contributed by atoms with E-state index < -0.39 is 26.6 Å². The molecule has 1 aliphatic carbocycles. The molecule has 8 nitrogen and oxygen atoms in total. The lowest BCUT2D eigenvalue weighted by atomic mass is 9.83. The van der Waals surface area contributed by atoms with Gasteiger partial charge in [0.25, 0.3) is 10.1 Å². The second-order valence-electron chi connectivity index (χ2n) is 5.41. The fourth-order valence-electron chi connectivity index (χ4n) is 2.93. The second kappa shape index (κ2) is 7.86. The van der Waals surface area contributed by atoms with Gasteiger partial charge in [-0.15, -0.1) is 0 Å². The molecule has 0 unspecified atom stereocenters. The van der Waals surface area contributed by atoms with Gasteiger partial charge >= 0.3 is 16.5 Å². The van der Waals surface area contributed by atoms with Crippen molar-refractivity contribution in [3.8, 4) is 0 Å². The van der Waals surface area contributed by atoms with E-state index in [4.69, 9.17) is 0 Å². The topological polar surface area (TPSA) is 119 Å². The number of para-hydroxylation sites is 1. The summed E-state index contributed by atoms with van der Waals surface area (Å²) in [5.74, 6) is 0.0822. The molecule has 0 aromatic heterocycles. The van der Waals surface area contributed by atoms with Crippen LogP contribution in [0.25, 0.3) is 0 Å². The minimum Gasteiger partial charge on any atom is -0.304 e. The molecule has 0 heterocycles. The molecule has 1 aromatic carbocycles. The zero-order valence-electron chi connectivity index (χ0n) is 13.1. The molecular formula is C14H18N2O6S2. The van der Waals surface area contributed by atoms with Gasteiger partial charge in [-0.1, -0.05) is 35.8 Å². The first-order chi connectivity index (χ1) is 11.3. The van der Waals surface area contributed by atoms with Crippen LogP contribution in [-0.2, 0) is 24.8 Å². The normalized spacial score (nSPS) is 15.7. The number of carbonyl (C=O) groups is 1. The number of carbonyl (C=O) groups excluding carboxylic acids is 1. The summed E-state index contributed by atoms with van der Waals surface area (Å²) in [6.07, 6.45) is 4.86. The van der Waals surface area contributed by atoms with E-state index in [0.717, 1.165) is 39.2 Å². The van der Waals surface area contributed by atoms with Crippen LogP contribution in [0, 0.1) is 0 Å². The van der Waals surface area contributed by atoms with E-state index >= 15 is 0 Å². The Bertz CT molecular complexity index is 847. The maximum absolute atomic E-state index is 12.1. The standard InChI is InChI=1S/C14H18N2O6S2/c1-22-24(20,21)12-9-5-8-11(10-6-3-2-4-7-10)13(12)15-14(17)16-23(18)19/h5,8-10H,2-4,6-7H2,1H3,(H,15,17). The van der Waals surface area contributed by atoms with Crippen molar-refractivity contribution in [2.75, 3.05) is 12.4 Å². The van der Waals surface area contributed by atoms with Crippen molar-refractivity contribution >= 4 is 32.3 Å². The van der Waals surface area contributed by atoms with Crippen LogP contribution in [0.5, 0.6) is 0 Å². The van der Waals surface area contributed by atoms with Gasteiger partial charge < -0.3 is 5.32 Å². The highest BCUT2D eigenvalue weighted by Gasteiger charge is 2.26. The average molecular weight is 374 g/mol. The number of hydrogen-bond acceptors (Lipinski definition) is 6. The lowest BCUT2D eigenvalue weighted by molar-refractivity contribution is 0.260. The van der Waals surface area contributed by atoms with Crippen molar-refractivity contribution in [2.24, 2.45) is 4.36 Å². The number of amides is 2. The molecule has 24 heavy (non-hydrogen) atoms. The summed E-state index contributed by atoms with van der Waals surface area (Å²) in [4.78, 5) is 11.5. The van der Waals surface area contributed by atoms with Crippen molar-refractivity contribution in [1.29, 1.82) is 0 Å². The molecule has 132 valence electrons. The highest BCUT2D eigenvalue weighted by atomic mass is 32.2. The Kier molecular flexibility index (Phi) is 6.08. The number of anilines is 1. The summed E-state index contributed by atoms with van der Waals surface area (Å²) in [5, 5.41) is 2.29. The van der Waals surface area contributed by atoms with Crippen molar-refractivity contribution in [2.45, 2.75) is 42.9 Å². The third-order valence-corrected chi connectivity index (χ3v) is 5.61. The zero-order chi connectivity index (χ0) is 17.7. The Hall–Kier alpha value is -1.78. The van der Waals surface area contributed by atoms with Crippen LogP contribution in [0.2, 0.25) is 0 Å². The van der Waals surface area contributed by atoms with E-state index in [0.29, 0.717) is 5.56 Å². The highest BCUT2D eigenvalue weighted by Crippen LogP contribution is 2.39. The molecule has 0 atom stereocenters. The van der Waals surface area contributed by atoms with Gasteiger partial charge in [0.2, 0.25) is 0 Å². The van der Waals surface area contributed by atoms with E-state index in [-0.39, 0.29) is 16.5 Å². The van der Waals surface area contributed by atoms with Crippen LogP contribution in [0.15, 0.2) is 27.5 Å². The fourth-order valence-corrected chi connectivity index (χ4v) is 3.96. The molecule has 2 rings (SSSR count). The van der Waals surface area contributed by atoms with Crippen LogP contribution in [0.1, 0.15) is 43.6 Å². The summed E-state index contributed by atoms with van der Waals surface area (Å²) < 4.78 is 52.8. The number of hydrogen-bond donors (Lipinski definition) is 1. The third-order valence-electron chi connectivity index (χ3n) is 3.98. The monoisotopic (exact) mass is 374 g/mol. The lowest BCUT2D eigenvalue weighted by Gasteiger charge is -2.25. The minimum absolute atomic E-state index is 0.0328. The van der Waals surface area contributed by atoms with E-state index in [1.165, 1.54) is 6.07 Å². The molecule has 0 bridgehead atoms. The smallest absolute Gasteiger partial charge is 0.304 e. The summed E-state index contributed by atoms with van der Waals surface area (Å²) >= 11 is 0. The molecule has 10 heteroatoms. The largest absolute Gasteiger partial charge is 0.360 e. The first-order valence-electron chi connectivity index (χ1n) is 7.41. The molecule has 2 amide bonds. The molecule has 1 aromatic rings. The van der Waals surface area contributed by atoms with Gasteiger partial charge in [0.15, 0.2) is 0 Å². The van der Waals surface area contributed by atoms with Crippen molar-refractivity contribution < 1.29 is 25.8 Å². The van der Waals surface area contributed by atoms with Gasteiger partial charge in [-0.3, -0.25) is 4.18 Å². The molecule has 0 saturated heterocycles. The highest BCUT2D eigenvalue weighted by molar-refractivity contribution is 7.87. The summed E-state index contributed by atoms with van der Waals surface area (Å²) in [7, 11) is -5.98. The van der Waals surface area contributed by atoms with Gasteiger partial charge in [-0.05, 0) is 30.4 Å². The van der Waals surface area contributed by atoms with E-state index in [9.17, 15) is 21.6 Å². The first kappa shape index (κ1) is 18.6. The van der Waals surface area contributed by atoms with Gasteiger partial charge in [0.05, 0.1) is 12.8 Å². The minimum atomic E-state index is -4.07. The molecule has 1 fully saturated rings. The molecule has 0 radical (unpaired) electrons. The third kappa shape index (κ3) is 4.40. The maximum atomic E-state index is 12.1. The van der Waals surface area contributed by atoms with Gasteiger partial charge in [-0.25, -0.2) is 4.79 Å². The fraction of sp³-hybridized carbons (Fsp3) is 0.500. The zero-order valence-corrected chi connectivity index (χ0v) is 14.7. The predicted octanol–water partition coefficient (Wildman–Crippen LogP) is 2.66. The summed E-state index contributed by atoms with van der Waals surface area (Å²) in [6.45, 7) is 0. The Morgan fingerprint density at radius 3 is 2.50 bits per heavy atom. The number of nitrogens with one attached hydrogen (secondary N) is 1. The molecule has 0 spiro atoms. The number of benzene rings is 1.